The first-order valence-corrected chi connectivity index (χ1v) is 18.4. The summed E-state index contributed by atoms with van der Waals surface area (Å²) in [5, 5.41) is 18.7. The van der Waals surface area contributed by atoms with Crippen molar-refractivity contribution in [3.8, 4) is 16.9 Å². The summed E-state index contributed by atoms with van der Waals surface area (Å²) in [5.41, 5.74) is 8.00. The zero-order valence-electron chi connectivity index (χ0n) is 30.2. The van der Waals surface area contributed by atoms with Crippen LogP contribution in [0.15, 0.2) is 48.7 Å². The van der Waals surface area contributed by atoms with Crippen LogP contribution in [0.25, 0.3) is 22.2 Å². The molecule has 0 saturated carbocycles. The predicted octanol–water partition coefficient (Wildman–Crippen LogP) is 4.40. The number of aromatic nitrogens is 3. The first-order chi connectivity index (χ1) is 24.9. The molecule has 12 heteroatoms. The average molecular weight is 697 g/mol. The number of benzene rings is 2. The van der Waals surface area contributed by atoms with Crippen molar-refractivity contribution >= 4 is 28.5 Å². The van der Waals surface area contributed by atoms with Gasteiger partial charge in [-0.2, -0.15) is 5.10 Å². The summed E-state index contributed by atoms with van der Waals surface area (Å²) < 4.78 is 13.2. The molecule has 4 aromatic rings. The van der Waals surface area contributed by atoms with E-state index >= 15 is 0 Å². The molecule has 2 aliphatic heterocycles. The lowest BCUT2D eigenvalue weighted by molar-refractivity contribution is -0.126. The Morgan fingerprint density at radius 2 is 1.75 bits per heavy atom. The van der Waals surface area contributed by atoms with Crippen LogP contribution < -0.4 is 26.0 Å². The summed E-state index contributed by atoms with van der Waals surface area (Å²) in [7, 11) is 1.68. The molecule has 12 nitrogen and oxygen atoms in total. The number of pyridine rings is 1. The van der Waals surface area contributed by atoms with Gasteiger partial charge < -0.3 is 30.7 Å². The molecule has 0 spiro atoms. The Balaban J connectivity index is 1.05. The number of methoxy groups -OCH3 is 1. The molecule has 2 saturated heterocycles. The second kappa shape index (κ2) is 17.6. The molecule has 4 N–H and O–H groups in total. The van der Waals surface area contributed by atoms with Crippen LogP contribution in [0.5, 0.6) is 5.75 Å². The lowest BCUT2D eigenvalue weighted by Crippen LogP contribution is -2.42. The number of hydrogen-bond donors (Lipinski definition) is 4. The smallest absolute Gasteiger partial charge is 0.220 e. The van der Waals surface area contributed by atoms with Gasteiger partial charge in [0.25, 0.3) is 0 Å². The van der Waals surface area contributed by atoms with Crippen LogP contribution in [0.2, 0.25) is 0 Å². The highest BCUT2D eigenvalue weighted by molar-refractivity contribution is 5.92. The van der Waals surface area contributed by atoms with E-state index in [4.69, 9.17) is 14.5 Å². The molecule has 2 amide bonds. The second-order valence-electron chi connectivity index (χ2n) is 13.3. The standard InChI is InChI=1S/C39H52N8O4/c1-4-34-32(38(44-30-13-19-51-20-14-30)33-25-43-47(5-2)39(33)45-34)24-42-37(49)12-11-36(48)41-23-27-9-10-35(50-3)31(22-27)29-8-6-7-28(21-29)26-46-17-15-40-16-18-46/h6-10,21-22,25,30,40H,4-5,11-20,23-24,26H2,1-3H3,(H,41,48)(H,42,49)(H,44,45). The highest BCUT2D eigenvalue weighted by Crippen LogP contribution is 2.33. The molecule has 0 bridgehead atoms. The molecule has 2 aromatic carbocycles. The molecular weight excluding hydrogens is 644 g/mol. The van der Waals surface area contributed by atoms with Crippen molar-refractivity contribution in [2.24, 2.45) is 0 Å². The summed E-state index contributed by atoms with van der Waals surface area (Å²) in [6, 6.07) is 14.8. The maximum atomic E-state index is 13.1. The molecule has 272 valence electrons. The number of nitrogens with zero attached hydrogens (tertiary/aromatic N) is 4. The van der Waals surface area contributed by atoms with E-state index in [1.807, 2.05) is 23.0 Å². The normalized spacial score (nSPS) is 15.5. The number of carbonyl (C=O) groups excluding carboxylic acids is 2. The first kappa shape index (κ1) is 36.3. The number of piperazine rings is 1. The Kier molecular flexibility index (Phi) is 12.5. The van der Waals surface area contributed by atoms with Gasteiger partial charge in [0, 0.05) is 101 Å². The molecule has 2 aromatic heterocycles. The van der Waals surface area contributed by atoms with Crippen LogP contribution in [-0.2, 0) is 46.9 Å². The Morgan fingerprint density at radius 3 is 2.47 bits per heavy atom. The van der Waals surface area contributed by atoms with Gasteiger partial charge in [0.1, 0.15) is 5.75 Å². The maximum Gasteiger partial charge on any atom is 0.220 e. The van der Waals surface area contributed by atoms with E-state index in [1.54, 1.807) is 7.11 Å². The molecule has 2 fully saturated rings. The SMILES string of the molecule is CCc1nc2c(cnn2CC)c(NC2CCOCC2)c1CNC(=O)CCC(=O)NCc1ccc(OC)c(-c2cccc(CN3CCNCC3)c2)c1. The third kappa shape index (κ3) is 9.24. The zero-order valence-corrected chi connectivity index (χ0v) is 30.2. The van der Waals surface area contributed by atoms with Crippen molar-refractivity contribution in [2.75, 3.05) is 51.8 Å². The van der Waals surface area contributed by atoms with Crippen molar-refractivity contribution in [3.63, 3.8) is 0 Å². The summed E-state index contributed by atoms with van der Waals surface area (Å²) >= 11 is 0. The van der Waals surface area contributed by atoms with Gasteiger partial charge >= 0.3 is 0 Å². The number of rotatable bonds is 15. The third-order valence-corrected chi connectivity index (χ3v) is 9.82. The monoisotopic (exact) mass is 696 g/mol. The Morgan fingerprint density at radius 1 is 0.980 bits per heavy atom. The van der Waals surface area contributed by atoms with Crippen LogP contribution in [0.3, 0.4) is 0 Å². The summed E-state index contributed by atoms with van der Waals surface area (Å²) in [6.07, 6.45) is 4.59. The van der Waals surface area contributed by atoms with Crippen LogP contribution in [0.1, 0.15) is 61.9 Å². The van der Waals surface area contributed by atoms with Crippen molar-refractivity contribution in [3.05, 3.63) is 71.0 Å². The van der Waals surface area contributed by atoms with E-state index < -0.39 is 0 Å². The Bertz CT molecular complexity index is 1800. The summed E-state index contributed by atoms with van der Waals surface area (Å²) in [5.74, 6) is 0.430. The molecule has 0 aliphatic carbocycles. The predicted molar refractivity (Wildman–Crippen MR) is 200 cm³/mol. The van der Waals surface area contributed by atoms with Crippen LogP contribution in [-0.4, -0.2) is 84.0 Å². The van der Waals surface area contributed by atoms with Crippen molar-refractivity contribution in [1.82, 2.24) is 35.6 Å². The van der Waals surface area contributed by atoms with Gasteiger partial charge in [-0.05, 0) is 61.1 Å². The van der Waals surface area contributed by atoms with E-state index in [1.165, 1.54) is 5.56 Å². The van der Waals surface area contributed by atoms with Gasteiger partial charge in [-0.15, -0.1) is 0 Å². The topological polar surface area (TPSA) is 135 Å². The average Bonchev–Trinajstić information content (AvgIpc) is 3.59. The zero-order chi connectivity index (χ0) is 35.6. The fourth-order valence-corrected chi connectivity index (χ4v) is 6.95. The largest absolute Gasteiger partial charge is 0.496 e. The Hall–Kier alpha value is -4.52. The molecule has 0 atom stereocenters. The highest BCUT2D eigenvalue weighted by atomic mass is 16.5. The minimum atomic E-state index is -0.180. The minimum absolute atomic E-state index is 0.0905. The molecule has 4 heterocycles. The first-order valence-electron chi connectivity index (χ1n) is 18.4. The van der Waals surface area contributed by atoms with Crippen molar-refractivity contribution in [2.45, 2.75) is 78.2 Å². The number of ether oxygens (including phenoxy) is 2. The second-order valence-corrected chi connectivity index (χ2v) is 13.3. The number of fused-ring (bicyclic) bond motifs is 1. The van der Waals surface area contributed by atoms with Gasteiger partial charge in [0.05, 0.1) is 24.4 Å². The number of aryl methyl sites for hydroxylation is 2. The molecule has 0 radical (unpaired) electrons. The van der Waals surface area contributed by atoms with E-state index in [0.29, 0.717) is 13.1 Å². The molecule has 51 heavy (non-hydrogen) atoms. The van der Waals surface area contributed by atoms with Gasteiger partial charge in [-0.1, -0.05) is 31.2 Å². The fourth-order valence-electron chi connectivity index (χ4n) is 6.95. The van der Waals surface area contributed by atoms with Gasteiger partial charge in [-0.3, -0.25) is 14.5 Å². The van der Waals surface area contributed by atoms with Gasteiger partial charge in [0.15, 0.2) is 5.65 Å². The number of hydrogen-bond acceptors (Lipinski definition) is 9. The Labute approximate surface area is 300 Å². The van der Waals surface area contributed by atoms with Crippen LogP contribution in [0.4, 0.5) is 5.69 Å². The lowest BCUT2D eigenvalue weighted by atomic mass is 9.99. The lowest BCUT2D eigenvalue weighted by Gasteiger charge is -2.27. The number of anilines is 1. The maximum absolute atomic E-state index is 13.1. The van der Waals surface area contributed by atoms with Gasteiger partial charge in [-0.25, -0.2) is 9.67 Å². The molecule has 6 rings (SSSR count). The van der Waals surface area contributed by atoms with E-state index in [9.17, 15) is 9.59 Å². The number of nitrogens with one attached hydrogen (secondary N) is 4. The molecule has 2 aliphatic rings. The quantitative estimate of drug-likeness (QED) is 0.143. The van der Waals surface area contributed by atoms with Crippen LogP contribution in [0, 0.1) is 0 Å². The summed E-state index contributed by atoms with van der Waals surface area (Å²) in [6.45, 7) is 12.0. The van der Waals surface area contributed by atoms with E-state index in [0.717, 1.165) is 122 Å². The van der Waals surface area contributed by atoms with E-state index in [2.05, 4.69) is 75.4 Å². The highest BCUT2D eigenvalue weighted by Gasteiger charge is 2.22. The summed E-state index contributed by atoms with van der Waals surface area (Å²) in [4.78, 5) is 33.4. The third-order valence-electron chi connectivity index (χ3n) is 9.82. The van der Waals surface area contributed by atoms with Gasteiger partial charge in [0.2, 0.25) is 11.8 Å². The minimum Gasteiger partial charge on any atom is -0.496 e. The van der Waals surface area contributed by atoms with Crippen LogP contribution >= 0.6 is 0 Å². The van der Waals surface area contributed by atoms with E-state index in [-0.39, 0.29) is 30.7 Å². The number of carbonyl (C=O) groups is 2. The number of amides is 2. The van der Waals surface area contributed by atoms with Crippen molar-refractivity contribution in [1.29, 1.82) is 0 Å². The molecular formula is C39H52N8O4. The fraction of sp³-hybridized carbons (Fsp3) is 0.487. The van der Waals surface area contributed by atoms with Crippen molar-refractivity contribution < 1.29 is 19.1 Å². The molecule has 0 unspecified atom stereocenters.